The van der Waals surface area contributed by atoms with Gasteiger partial charge >= 0.3 is 0 Å². The van der Waals surface area contributed by atoms with Gasteiger partial charge < -0.3 is 5.32 Å². The summed E-state index contributed by atoms with van der Waals surface area (Å²) in [6.07, 6.45) is 5.56. The molecule has 2 rings (SSSR count). The van der Waals surface area contributed by atoms with Crippen molar-refractivity contribution < 1.29 is 4.79 Å². The summed E-state index contributed by atoms with van der Waals surface area (Å²) in [7, 11) is 1.86. The zero-order valence-corrected chi connectivity index (χ0v) is 10.7. The first-order chi connectivity index (χ1) is 8.66. The maximum absolute atomic E-state index is 11.8. The molecule has 0 aromatic carbocycles. The highest BCUT2D eigenvalue weighted by atomic mass is 35.5. The number of nitrogens with zero attached hydrogens (tertiary/aromatic N) is 3. The van der Waals surface area contributed by atoms with E-state index < -0.39 is 0 Å². The normalized spacial score (nSPS) is 10.3. The number of aromatic nitrogens is 3. The molecule has 0 aliphatic carbocycles. The molecule has 0 atom stereocenters. The van der Waals surface area contributed by atoms with Gasteiger partial charge in [0.1, 0.15) is 0 Å². The number of aryl methyl sites for hydroxylation is 1. The van der Waals surface area contributed by atoms with Gasteiger partial charge in [-0.15, -0.1) is 0 Å². The number of hydrogen-bond donors (Lipinski definition) is 1. The van der Waals surface area contributed by atoms with E-state index in [2.05, 4.69) is 15.4 Å². The van der Waals surface area contributed by atoms with Crippen molar-refractivity contribution in [3.8, 4) is 0 Å². The van der Waals surface area contributed by atoms with E-state index in [1.165, 1.54) is 6.20 Å². The van der Waals surface area contributed by atoms with E-state index >= 15 is 0 Å². The molecular weight excluding hydrogens is 252 g/mol. The molecule has 1 N–H and O–H groups in total. The van der Waals surface area contributed by atoms with Crippen LogP contribution in [-0.4, -0.2) is 27.2 Å². The van der Waals surface area contributed by atoms with Gasteiger partial charge in [0.05, 0.1) is 16.3 Å². The molecule has 6 heteroatoms. The molecule has 0 saturated carbocycles. The third-order valence-corrected chi connectivity index (χ3v) is 2.75. The molecule has 0 bridgehead atoms. The topological polar surface area (TPSA) is 59.8 Å². The Morgan fingerprint density at radius 1 is 1.50 bits per heavy atom. The van der Waals surface area contributed by atoms with Gasteiger partial charge in [0, 0.05) is 38.6 Å². The minimum atomic E-state index is -0.196. The number of amides is 1. The first-order valence-electron chi connectivity index (χ1n) is 5.53. The van der Waals surface area contributed by atoms with Crippen molar-refractivity contribution in [2.45, 2.75) is 6.42 Å². The van der Waals surface area contributed by atoms with Crippen molar-refractivity contribution in [1.82, 2.24) is 20.1 Å². The number of carbonyl (C=O) groups excluding carboxylic acids is 1. The fourth-order valence-electron chi connectivity index (χ4n) is 1.56. The number of hydrogen-bond acceptors (Lipinski definition) is 3. The van der Waals surface area contributed by atoms with E-state index in [1.54, 1.807) is 16.9 Å². The average Bonchev–Trinajstić information content (AvgIpc) is 2.75. The number of carbonyl (C=O) groups is 1. The van der Waals surface area contributed by atoms with E-state index in [9.17, 15) is 4.79 Å². The molecule has 0 aliphatic heterocycles. The molecular formula is C12H13ClN4O. The summed E-state index contributed by atoms with van der Waals surface area (Å²) >= 11 is 5.88. The highest BCUT2D eigenvalue weighted by Crippen LogP contribution is 2.12. The molecule has 94 valence electrons. The molecule has 0 unspecified atom stereocenters. The van der Waals surface area contributed by atoms with Crippen molar-refractivity contribution in [2.24, 2.45) is 7.05 Å². The quantitative estimate of drug-likeness (QED) is 0.909. The molecule has 0 radical (unpaired) electrons. The predicted molar refractivity (Wildman–Crippen MR) is 68.5 cm³/mol. The van der Waals surface area contributed by atoms with Crippen molar-refractivity contribution in [2.75, 3.05) is 6.54 Å². The molecule has 2 aromatic heterocycles. The Hall–Kier alpha value is -1.88. The predicted octanol–water partition coefficient (Wildman–Crippen LogP) is 1.44. The Labute approximate surface area is 110 Å². The molecule has 2 heterocycles. The Bertz CT molecular complexity index is 553. The molecule has 1 amide bonds. The Kier molecular flexibility index (Phi) is 3.94. The second kappa shape index (κ2) is 5.64. The lowest BCUT2D eigenvalue weighted by atomic mass is 10.2. The summed E-state index contributed by atoms with van der Waals surface area (Å²) in [5.74, 6) is -0.196. The highest BCUT2D eigenvalue weighted by molar-refractivity contribution is 6.33. The number of nitrogens with one attached hydrogen (secondary N) is 1. The average molecular weight is 265 g/mol. The Morgan fingerprint density at radius 3 is 3.00 bits per heavy atom. The fourth-order valence-corrected chi connectivity index (χ4v) is 1.76. The van der Waals surface area contributed by atoms with E-state index in [4.69, 9.17) is 11.6 Å². The Morgan fingerprint density at radius 2 is 2.33 bits per heavy atom. The summed E-state index contributed by atoms with van der Waals surface area (Å²) in [6, 6.07) is 3.52. The zero-order valence-electron chi connectivity index (χ0n) is 9.93. The van der Waals surface area contributed by atoms with Gasteiger partial charge in [0.15, 0.2) is 0 Å². The van der Waals surface area contributed by atoms with Gasteiger partial charge in [-0.05, 0) is 12.1 Å². The SMILES string of the molecule is Cn1ccc(CCNC(=O)c2ccncc2Cl)n1. The lowest BCUT2D eigenvalue weighted by Crippen LogP contribution is -2.26. The summed E-state index contributed by atoms with van der Waals surface area (Å²) in [5.41, 5.74) is 1.38. The van der Waals surface area contributed by atoms with Gasteiger partial charge in [-0.1, -0.05) is 11.6 Å². The number of rotatable bonds is 4. The second-order valence-electron chi connectivity index (χ2n) is 3.84. The van der Waals surface area contributed by atoms with Crippen LogP contribution in [0.1, 0.15) is 16.1 Å². The van der Waals surface area contributed by atoms with Gasteiger partial charge in [0.25, 0.3) is 5.91 Å². The van der Waals surface area contributed by atoms with E-state index in [-0.39, 0.29) is 5.91 Å². The third kappa shape index (κ3) is 3.07. The van der Waals surface area contributed by atoms with Crippen molar-refractivity contribution >= 4 is 17.5 Å². The molecule has 2 aromatic rings. The van der Waals surface area contributed by atoms with Crippen LogP contribution in [0.15, 0.2) is 30.7 Å². The van der Waals surface area contributed by atoms with Crippen LogP contribution in [0, 0.1) is 0 Å². The molecule has 18 heavy (non-hydrogen) atoms. The lowest BCUT2D eigenvalue weighted by molar-refractivity contribution is 0.0954. The summed E-state index contributed by atoms with van der Waals surface area (Å²) in [4.78, 5) is 15.6. The maximum Gasteiger partial charge on any atom is 0.252 e. The first kappa shape index (κ1) is 12.6. The third-order valence-electron chi connectivity index (χ3n) is 2.45. The summed E-state index contributed by atoms with van der Waals surface area (Å²) in [5, 5.41) is 7.38. The van der Waals surface area contributed by atoms with Gasteiger partial charge in [-0.25, -0.2) is 0 Å². The van der Waals surface area contributed by atoms with Crippen LogP contribution in [0.25, 0.3) is 0 Å². The van der Waals surface area contributed by atoms with Gasteiger partial charge in [-0.3, -0.25) is 14.5 Å². The molecule has 0 saturated heterocycles. The largest absolute Gasteiger partial charge is 0.352 e. The van der Waals surface area contributed by atoms with Gasteiger partial charge in [-0.2, -0.15) is 5.10 Å². The number of halogens is 1. The molecule has 0 fully saturated rings. The summed E-state index contributed by atoms with van der Waals surface area (Å²) < 4.78 is 1.73. The second-order valence-corrected chi connectivity index (χ2v) is 4.25. The van der Waals surface area contributed by atoms with Crippen LogP contribution < -0.4 is 5.32 Å². The zero-order chi connectivity index (χ0) is 13.0. The summed E-state index contributed by atoms with van der Waals surface area (Å²) in [6.45, 7) is 0.522. The van der Waals surface area contributed by atoms with E-state index in [1.807, 2.05) is 19.3 Å². The van der Waals surface area contributed by atoms with E-state index in [0.717, 1.165) is 5.69 Å². The van der Waals surface area contributed by atoms with Crippen LogP contribution in [0.3, 0.4) is 0 Å². The van der Waals surface area contributed by atoms with Crippen LogP contribution in [0.4, 0.5) is 0 Å². The van der Waals surface area contributed by atoms with Crippen LogP contribution >= 0.6 is 11.6 Å². The van der Waals surface area contributed by atoms with Gasteiger partial charge in [0.2, 0.25) is 0 Å². The van der Waals surface area contributed by atoms with Crippen molar-refractivity contribution in [3.05, 3.63) is 47.0 Å². The molecule has 5 nitrogen and oxygen atoms in total. The van der Waals surface area contributed by atoms with Crippen molar-refractivity contribution in [1.29, 1.82) is 0 Å². The van der Waals surface area contributed by atoms with Crippen molar-refractivity contribution in [3.63, 3.8) is 0 Å². The molecule has 0 spiro atoms. The van der Waals surface area contributed by atoms with Crippen LogP contribution in [0.2, 0.25) is 5.02 Å². The van der Waals surface area contributed by atoms with Crippen LogP contribution in [-0.2, 0) is 13.5 Å². The smallest absolute Gasteiger partial charge is 0.252 e. The minimum absolute atomic E-state index is 0.196. The minimum Gasteiger partial charge on any atom is -0.352 e. The monoisotopic (exact) mass is 264 g/mol. The first-order valence-corrected chi connectivity index (χ1v) is 5.91. The highest BCUT2D eigenvalue weighted by Gasteiger charge is 2.09. The van der Waals surface area contributed by atoms with E-state index in [0.29, 0.717) is 23.6 Å². The number of pyridine rings is 1. The van der Waals surface area contributed by atoms with Crippen LogP contribution in [0.5, 0.6) is 0 Å². The Balaban J connectivity index is 1.87. The lowest BCUT2D eigenvalue weighted by Gasteiger charge is -2.05. The fraction of sp³-hybridized carbons (Fsp3) is 0.250. The maximum atomic E-state index is 11.8. The standard InChI is InChI=1S/C12H13ClN4O/c1-17-7-4-9(16-17)2-6-15-12(18)10-3-5-14-8-11(10)13/h3-5,7-8H,2,6H2,1H3,(H,15,18). The molecule has 0 aliphatic rings.